The zero-order chi connectivity index (χ0) is 27.6. The van der Waals surface area contributed by atoms with Crippen molar-refractivity contribution in [1.82, 2.24) is 5.32 Å². The largest absolute Gasteiger partial charge is 0.321 e. The number of ketones is 1. The van der Waals surface area contributed by atoms with Gasteiger partial charge in [-0.25, -0.2) is 0 Å². The van der Waals surface area contributed by atoms with Gasteiger partial charge in [-0.3, -0.25) is 24.5 Å². The summed E-state index contributed by atoms with van der Waals surface area (Å²) in [6.45, 7) is 0. The standard InChI is InChI=1S/C31H23N3O5/c35-29(20-13-22-11-18-27(19-12-22)34(38)39)24-14-16-26(17-15-24)32-31(37)28(21-23-7-3-1-4-8-23)33-30(36)25-9-5-2-6-10-25/h1-21H,(H,32,37)(H,33,36)/b20-13+,28-21-. The summed E-state index contributed by atoms with van der Waals surface area (Å²) < 4.78 is 0. The molecule has 0 aliphatic carbocycles. The normalized spacial score (nSPS) is 11.1. The molecule has 0 heterocycles. The van der Waals surface area contributed by atoms with E-state index < -0.39 is 16.7 Å². The van der Waals surface area contributed by atoms with Gasteiger partial charge in [0.1, 0.15) is 5.70 Å². The molecule has 0 aromatic heterocycles. The van der Waals surface area contributed by atoms with Crippen LogP contribution < -0.4 is 10.6 Å². The van der Waals surface area contributed by atoms with Gasteiger partial charge in [0, 0.05) is 28.9 Å². The van der Waals surface area contributed by atoms with Crippen LogP contribution in [-0.4, -0.2) is 22.5 Å². The summed E-state index contributed by atoms with van der Waals surface area (Å²) >= 11 is 0. The number of hydrogen-bond acceptors (Lipinski definition) is 5. The fourth-order valence-corrected chi connectivity index (χ4v) is 3.55. The van der Waals surface area contributed by atoms with Gasteiger partial charge < -0.3 is 10.6 Å². The molecule has 0 atom stereocenters. The molecule has 2 N–H and O–H groups in total. The number of rotatable bonds is 9. The number of non-ortho nitro benzene ring substituents is 1. The summed E-state index contributed by atoms with van der Waals surface area (Å²) in [6, 6.07) is 29.9. The van der Waals surface area contributed by atoms with Crippen molar-refractivity contribution < 1.29 is 19.3 Å². The van der Waals surface area contributed by atoms with E-state index in [2.05, 4.69) is 10.6 Å². The van der Waals surface area contributed by atoms with E-state index in [9.17, 15) is 24.5 Å². The van der Waals surface area contributed by atoms with Crippen molar-refractivity contribution in [3.05, 3.63) is 153 Å². The number of nitro groups is 1. The molecule has 4 aromatic carbocycles. The van der Waals surface area contributed by atoms with Gasteiger partial charge in [0.15, 0.2) is 5.78 Å². The summed E-state index contributed by atoms with van der Waals surface area (Å²) in [5.74, 6) is -1.22. The maximum absolute atomic E-state index is 13.1. The van der Waals surface area contributed by atoms with E-state index in [0.29, 0.717) is 22.4 Å². The van der Waals surface area contributed by atoms with Crippen LogP contribution in [0, 0.1) is 10.1 Å². The predicted octanol–water partition coefficient (Wildman–Crippen LogP) is 5.90. The van der Waals surface area contributed by atoms with Crippen molar-refractivity contribution >= 4 is 41.1 Å². The Morgan fingerprint density at radius 2 is 1.31 bits per heavy atom. The number of carbonyl (C=O) groups is 3. The number of allylic oxidation sites excluding steroid dienone is 1. The molecule has 8 heteroatoms. The molecule has 0 bridgehead atoms. The van der Waals surface area contributed by atoms with Gasteiger partial charge in [-0.05, 0) is 71.8 Å². The Labute approximate surface area is 224 Å². The first-order chi connectivity index (χ1) is 18.9. The van der Waals surface area contributed by atoms with Crippen molar-refractivity contribution in [1.29, 1.82) is 0 Å². The lowest BCUT2D eigenvalue weighted by molar-refractivity contribution is -0.384. The predicted molar refractivity (Wildman–Crippen MR) is 150 cm³/mol. The lowest BCUT2D eigenvalue weighted by Gasteiger charge is -2.12. The van der Waals surface area contributed by atoms with Crippen LogP contribution in [0.2, 0.25) is 0 Å². The molecule has 0 saturated heterocycles. The molecule has 0 saturated carbocycles. The smallest absolute Gasteiger partial charge is 0.272 e. The molecule has 2 amide bonds. The zero-order valence-corrected chi connectivity index (χ0v) is 20.6. The maximum atomic E-state index is 13.1. The maximum Gasteiger partial charge on any atom is 0.272 e. The highest BCUT2D eigenvalue weighted by atomic mass is 16.6. The average Bonchev–Trinajstić information content (AvgIpc) is 2.97. The molecule has 0 unspecified atom stereocenters. The molecule has 4 aromatic rings. The third-order valence-corrected chi connectivity index (χ3v) is 5.60. The molecule has 192 valence electrons. The lowest BCUT2D eigenvalue weighted by Crippen LogP contribution is -2.30. The Bertz CT molecular complexity index is 1540. The van der Waals surface area contributed by atoms with Crippen LogP contribution in [-0.2, 0) is 4.79 Å². The molecule has 0 spiro atoms. The van der Waals surface area contributed by atoms with Gasteiger partial charge in [-0.15, -0.1) is 0 Å². The number of amides is 2. The minimum atomic E-state index is -0.528. The van der Waals surface area contributed by atoms with Crippen molar-refractivity contribution in [3.8, 4) is 0 Å². The summed E-state index contributed by atoms with van der Waals surface area (Å²) in [6.07, 6.45) is 4.52. The summed E-state index contributed by atoms with van der Waals surface area (Å²) in [5, 5.41) is 16.2. The molecule has 8 nitrogen and oxygen atoms in total. The number of carbonyl (C=O) groups excluding carboxylic acids is 3. The molecule has 0 fully saturated rings. The molecule has 4 rings (SSSR count). The third kappa shape index (κ3) is 7.43. The Balaban J connectivity index is 1.45. The second kappa shape index (κ2) is 12.6. The highest BCUT2D eigenvalue weighted by Gasteiger charge is 2.15. The van der Waals surface area contributed by atoms with E-state index in [1.807, 2.05) is 30.3 Å². The van der Waals surface area contributed by atoms with E-state index in [0.717, 1.165) is 5.56 Å². The summed E-state index contributed by atoms with van der Waals surface area (Å²) in [5.41, 5.74) is 2.64. The van der Waals surface area contributed by atoms with Crippen LogP contribution in [0.25, 0.3) is 12.2 Å². The van der Waals surface area contributed by atoms with Gasteiger partial charge in [0.05, 0.1) is 4.92 Å². The first kappa shape index (κ1) is 26.4. The number of nitrogens with one attached hydrogen (secondary N) is 2. The van der Waals surface area contributed by atoms with Crippen molar-refractivity contribution in [2.24, 2.45) is 0 Å². The Kier molecular flexibility index (Phi) is 8.51. The van der Waals surface area contributed by atoms with Crippen LogP contribution in [0.15, 0.2) is 121 Å². The number of hydrogen-bond donors (Lipinski definition) is 2. The quantitative estimate of drug-likeness (QED) is 0.124. The third-order valence-electron chi connectivity index (χ3n) is 5.60. The van der Waals surface area contributed by atoms with Gasteiger partial charge in [-0.1, -0.05) is 54.6 Å². The van der Waals surface area contributed by atoms with Gasteiger partial charge >= 0.3 is 0 Å². The summed E-state index contributed by atoms with van der Waals surface area (Å²) in [7, 11) is 0. The van der Waals surface area contributed by atoms with Crippen LogP contribution in [0.3, 0.4) is 0 Å². The van der Waals surface area contributed by atoms with Gasteiger partial charge in [0.25, 0.3) is 17.5 Å². The number of benzene rings is 4. The Morgan fingerprint density at radius 1 is 0.692 bits per heavy atom. The minimum absolute atomic E-state index is 0.0301. The molecule has 0 aliphatic heterocycles. The molecular formula is C31H23N3O5. The number of anilines is 1. The number of nitro benzene ring substituents is 1. The van der Waals surface area contributed by atoms with E-state index in [4.69, 9.17) is 0 Å². The summed E-state index contributed by atoms with van der Waals surface area (Å²) in [4.78, 5) is 48.7. The van der Waals surface area contributed by atoms with E-state index in [1.54, 1.807) is 78.9 Å². The zero-order valence-electron chi connectivity index (χ0n) is 20.6. The Hall–Kier alpha value is -5.63. The van der Waals surface area contributed by atoms with Crippen LogP contribution in [0.4, 0.5) is 11.4 Å². The first-order valence-electron chi connectivity index (χ1n) is 11.9. The van der Waals surface area contributed by atoms with Crippen molar-refractivity contribution in [2.45, 2.75) is 0 Å². The minimum Gasteiger partial charge on any atom is -0.321 e. The van der Waals surface area contributed by atoms with Crippen molar-refractivity contribution in [3.63, 3.8) is 0 Å². The number of nitrogens with zero attached hydrogens (tertiary/aromatic N) is 1. The van der Waals surface area contributed by atoms with Crippen LogP contribution >= 0.6 is 0 Å². The fraction of sp³-hybridized carbons (Fsp3) is 0. The van der Waals surface area contributed by atoms with Crippen LogP contribution in [0.5, 0.6) is 0 Å². The average molecular weight is 518 g/mol. The highest BCUT2D eigenvalue weighted by Crippen LogP contribution is 2.16. The SMILES string of the molecule is O=C(Nc1ccc(C(=O)/C=C/c2ccc([N+](=O)[O-])cc2)cc1)/C(=C/c1ccccc1)NC(=O)c1ccccc1. The van der Waals surface area contributed by atoms with Crippen LogP contribution in [0.1, 0.15) is 31.8 Å². The highest BCUT2D eigenvalue weighted by molar-refractivity contribution is 6.11. The monoisotopic (exact) mass is 517 g/mol. The fourth-order valence-electron chi connectivity index (χ4n) is 3.55. The second-order valence-corrected chi connectivity index (χ2v) is 8.37. The Morgan fingerprint density at radius 3 is 1.92 bits per heavy atom. The van der Waals surface area contributed by atoms with E-state index in [-0.39, 0.29) is 17.2 Å². The second-order valence-electron chi connectivity index (χ2n) is 8.37. The topological polar surface area (TPSA) is 118 Å². The molecule has 39 heavy (non-hydrogen) atoms. The first-order valence-corrected chi connectivity index (χ1v) is 11.9. The van der Waals surface area contributed by atoms with Gasteiger partial charge in [-0.2, -0.15) is 0 Å². The van der Waals surface area contributed by atoms with Gasteiger partial charge in [0.2, 0.25) is 0 Å². The van der Waals surface area contributed by atoms with Crippen molar-refractivity contribution in [2.75, 3.05) is 5.32 Å². The lowest BCUT2D eigenvalue weighted by atomic mass is 10.1. The molecule has 0 radical (unpaired) electrons. The van der Waals surface area contributed by atoms with E-state index in [1.165, 1.54) is 18.2 Å². The molecule has 0 aliphatic rings. The molecular weight excluding hydrogens is 494 g/mol. The van der Waals surface area contributed by atoms with E-state index >= 15 is 0 Å².